The van der Waals surface area contributed by atoms with E-state index in [1.54, 1.807) is 38.2 Å². The molecule has 1 amide bonds. The summed E-state index contributed by atoms with van der Waals surface area (Å²) in [5.41, 5.74) is 13.6. The molecule has 3 heterocycles. The number of anilines is 1. The lowest BCUT2D eigenvalue weighted by molar-refractivity contribution is -0.377. The van der Waals surface area contributed by atoms with Gasteiger partial charge >= 0.3 is 6.09 Å². The summed E-state index contributed by atoms with van der Waals surface area (Å²) in [6.45, 7) is 6.22. The fourth-order valence-electron chi connectivity index (χ4n) is 5.77. The van der Waals surface area contributed by atoms with Crippen LogP contribution >= 0.6 is 0 Å². The molecule has 11 nitrogen and oxygen atoms in total. The first-order valence-electron chi connectivity index (χ1n) is 17.6. The maximum Gasteiger partial charge on any atom is 0.408 e. The average molecular weight is 726 g/mol. The predicted octanol–water partition coefficient (Wildman–Crippen LogP) is 8.00. The molecule has 0 radical (unpaired) electrons. The van der Waals surface area contributed by atoms with Crippen molar-refractivity contribution in [1.82, 2.24) is 10.3 Å². The molecule has 5 N–H and O–H groups in total. The number of benzene rings is 3. The molecule has 0 spiro atoms. The number of carbonyl (C=O) groups is 1. The van der Waals surface area contributed by atoms with Crippen LogP contribution in [0.15, 0.2) is 138 Å². The third-order valence-electron chi connectivity index (χ3n) is 8.35. The van der Waals surface area contributed by atoms with Crippen molar-refractivity contribution >= 4 is 23.3 Å². The van der Waals surface area contributed by atoms with Gasteiger partial charge in [-0.3, -0.25) is 4.98 Å². The Labute approximate surface area is 315 Å². The van der Waals surface area contributed by atoms with Crippen molar-refractivity contribution in [2.45, 2.75) is 45.4 Å². The van der Waals surface area contributed by atoms with E-state index in [1.807, 2.05) is 118 Å². The highest BCUT2D eigenvalue weighted by Gasteiger charge is 2.21. The number of pyridine rings is 2. The van der Waals surface area contributed by atoms with E-state index in [-0.39, 0.29) is 12.6 Å². The van der Waals surface area contributed by atoms with E-state index < -0.39 is 11.7 Å². The number of aliphatic imine (C=N–C) groups is 1. The molecular weight excluding hydrogens is 681 g/mol. The monoisotopic (exact) mass is 725 g/mol. The van der Waals surface area contributed by atoms with E-state index in [1.165, 1.54) is 0 Å². The number of carbonyl (C=O) groups excluding carboxylic acids is 1. The van der Waals surface area contributed by atoms with Crippen molar-refractivity contribution in [3.63, 3.8) is 0 Å². The molecule has 0 aliphatic carbocycles. The molecule has 6 aromatic rings. The summed E-state index contributed by atoms with van der Waals surface area (Å²) in [6, 6.07) is 30.9. The molecular formula is C43H45N6O5+. The van der Waals surface area contributed by atoms with Crippen LogP contribution in [0.25, 0.3) is 22.4 Å². The molecule has 276 valence electrons. The summed E-state index contributed by atoms with van der Waals surface area (Å²) in [5, 5.41) is 6.53. The molecule has 54 heavy (non-hydrogen) atoms. The molecule has 3 aromatic heterocycles. The van der Waals surface area contributed by atoms with Crippen LogP contribution in [0, 0.1) is 0 Å². The van der Waals surface area contributed by atoms with E-state index >= 15 is 0 Å². The highest BCUT2D eigenvalue weighted by Crippen LogP contribution is 2.35. The first kappa shape index (κ1) is 37.1. The Morgan fingerprint density at radius 3 is 2.41 bits per heavy atom. The topological polar surface area (TPSA) is 147 Å². The van der Waals surface area contributed by atoms with Gasteiger partial charge in [0.25, 0.3) is 0 Å². The van der Waals surface area contributed by atoms with Gasteiger partial charge in [0.15, 0.2) is 12.4 Å². The van der Waals surface area contributed by atoms with Crippen molar-refractivity contribution in [3.05, 3.63) is 145 Å². The third kappa shape index (κ3) is 10.3. The number of rotatable bonds is 14. The maximum absolute atomic E-state index is 12.8. The molecule has 1 atom stereocenters. The van der Waals surface area contributed by atoms with E-state index in [0.717, 1.165) is 39.3 Å². The Kier molecular flexibility index (Phi) is 11.9. The number of methoxy groups -OCH3 is 1. The quantitative estimate of drug-likeness (QED) is 0.0756. The van der Waals surface area contributed by atoms with Gasteiger partial charge in [0.2, 0.25) is 0 Å². The smallest absolute Gasteiger partial charge is 0.408 e. The number of H-pyrrole nitrogens is 1. The third-order valence-corrected chi connectivity index (χ3v) is 8.35. The summed E-state index contributed by atoms with van der Waals surface area (Å²) in [7, 11) is 1.65. The highest BCUT2D eigenvalue weighted by molar-refractivity contribution is 6.05. The lowest BCUT2D eigenvalue weighted by Gasteiger charge is -2.24. The Morgan fingerprint density at radius 2 is 1.70 bits per heavy atom. The minimum atomic E-state index is -0.641. The second-order valence-electron chi connectivity index (χ2n) is 13.6. The average Bonchev–Trinajstić information content (AvgIpc) is 3.71. The minimum absolute atomic E-state index is 0.174. The zero-order valence-electron chi connectivity index (χ0n) is 30.8. The Balaban J connectivity index is 1.33. The molecule has 0 saturated carbocycles. The first-order valence-corrected chi connectivity index (χ1v) is 17.6. The number of amides is 1. The molecule has 0 aliphatic heterocycles. The van der Waals surface area contributed by atoms with Gasteiger partial charge < -0.3 is 35.0 Å². The number of nitrogens with two attached hydrogens (primary N) is 1. The van der Waals surface area contributed by atoms with Crippen molar-refractivity contribution in [1.29, 1.82) is 0 Å². The van der Waals surface area contributed by atoms with Crippen LogP contribution in [-0.4, -0.2) is 42.3 Å². The standard InChI is InChI=1S/C43H44N6O5/c1-43(2,3)54-42(50)49-34(22-29-8-6-5-7-9-29)28-53-36-24-37(40(47-26-36)32-18-21-52-27-32)31-12-15-39(46-25-30-10-13-35(51-4)14-11-30)38(23-31)41(44)48-33-16-19-45-20-17-33/h5-21,23-24,26-27,34,46H,22,25,28H2,1-4H3,(H,49,50)(H2,44,45,48)/p+1/t34-/m0/s1. The van der Waals surface area contributed by atoms with Crippen molar-refractivity contribution in [3.8, 4) is 33.9 Å². The number of hydrogen-bond donors (Lipinski definition) is 3. The molecule has 11 heteroatoms. The van der Waals surface area contributed by atoms with Crippen LogP contribution in [0.3, 0.4) is 0 Å². The summed E-state index contributed by atoms with van der Waals surface area (Å²) >= 11 is 0. The highest BCUT2D eigenvalue weighted by atomic mass is 16.6. The number of nitrogens with one attached hydrogen (secondary N) is 3. The van der Waals surface area contributed by atoms with Crippen LogP contribution < -0.4 is 30.8 Å². The fourth-order valence-corrected chi connectivity index (χ4v) is 5.77. The number of furan rings is 1. The van der Waals surface area contributed by atoms with Crippen molar-refractivity contribution < 1.29 is 28.4 Å². The van der Waals surface area contributed by atoms with E-state index in [0.29, 0.717) is 41.5 Å². The molecule has 0 bridgehead atoms. The van der Waals surface area contributed by atoms with Gasteiger partial charge in [-0.15, -0.1) is 0 Å². The van der Waals surface area contributed by atoms with E-state index in [9.17, 15) is 4.79 Å². The summed E-state index contributed by atoms with van der Waals surface area (Å²) in [4.78, 5) is 25.4. The Hall–Kier alpha value is -6.62. The molecule has 0 unspecified atom stereocenters. The largest absolute Gasteiger partial charge is 0.497 e. The number of aromatic nitrogens is 2. The van der Waals surface area contributed by atoms with Gasteiger partial charge in [-0.05, 0) is 80.3 Å². The lowest BCUT2D eigenvalue weighted by atomic mass is 9.97. The zero-order chi connectivity index (χ0) is 37.9. The van der Waals surface area contributed by atoms with Crippen molar-refractivity contribution in [2.24, 2.45) is 10.7 Å². The number of ether oxygens (including phenoxy) is 3. The van der Waals surface area contributed by atoms with Crippen LogP contribution in [0.4, 0.5) is 16.2 Å². The Morgan fingerprint density at radius 1 is 0.926 bits per heavy atom. The van der Waals surface area contributed by atoms with Crippen molar-refractivity contribution in [2.75, 3.05) is 19.0 Å². The number of amidine groups is 1. The summed E-state index contributed by atoms with van der Waals surface area (Å²) in [5.74, 6) is 1.65. The zero-order valence-corrected chi connectivity index (χ0v) is 30.8. The van der Waals surface area contributed by atoms with Gasteiger partial charge in [0.05, 0.1) is 43.3 Å². The molecule has 0 saturated heterocycles. The number of hydrogen-bond acceptors (Lipinski definition) is 8. The SMILES string of the molecule is COc1ccc(CNc2ccc(-c3cc(OC[C@H](Cc4ccccc4)NC(=O)OC(C)(C)C)cnc3-c3ccoc3)cc2C(N)=Nc2cc[nH+]cc2)cc1. The van der Waals surface area contributed by atoms with Gasteiger partial charge in [-0.1, -0.05) is 48.5 Å². The van der Waals surface area contributed by atoms with Crippen LogP contribution in [0.1, 0.15) is 37.5 Å². The van der Waals surface area contributed by atoms with Gasteiger partial charge in [0, 0.05) is 41.1 Å². The predicted molar refractivity (Wildman–Crippen MR) is 210 cm³/mol. The second-order valence-corrected chi connectivity index (χ2v) is 13.6. The number of nitrogens with zero attached hydrogens (tertiary/aromatic N) is 2. The summed E-state index contributed by atoms with van der Waals surface area (Å²) in [6.07, 6.45) is 8.57. The van der Waals surface area contributed by atoms with Gasteiger partial charge in [0.1, 0.15) is 29.5 Å². The van der Waals surface area contributed by atoms with E-state index in [2.05, 4.69) is 15.6 Å². The van der Waals surface area contributed by atoms with Crippen LogP contribution in [0.2, 0.25) is 0 Å². The fraction of sp³-hybridized carbons (Fsp3) is 0.209. The first-order chi connectivity index (χ1) is 26.1. The molecule has 0 aliphatic rings. The number of alkyl carbamates (subject to hydrolysis) is 1. The molecule has 3 aromatic carbocycles. The molecule has 0 fully saturated rings. The second kappa shape index (κ2) is 17.3. The van der Waals surface area contributed by atoms with E-state index in [4.69, 9.17) is 34.3 Å². The minimum Gasteiger partial charge on any atom is -0.497 e. The van der Waals surface area contributed by atoms with Crippen LogP contribution in [-0.2, 0) is 17.7 Å². The Bertz CT molecular complexity index is 2150. The lowest BCUT2D eigenvalue weighted by Crippen LogP contribution is -2.43. The van der Waals surface area contributed by atoms with Gasteiger partial charge in [-0.25, -0.2) is 14.8 Å². The summed E-state index contributed by atoms with van der Waals surface area (Å²) < 4.78 is 22.7. The van der Waals surface area contributed by atoms with Crippen LogP contribution in [0.5, 0.6) is 11.5 Å². The molecule has 6 rings (SSSR count). The van der Waals surface area contributed by atoms with Gasteiger partial charge in [-0.2, -0.15) is 0 Å². The normalized spacial score (nSPS) is 12.1. The maximum atomic E-state index is 12.8. The number of aromatic amines is 1.